The Morgan fingerprint density at radius 3 is 2.57 bits per heavy atom. The molecule has 1 aliphatic rings. The highest BCUT2D eigenvalue weighted by atomic mass is 16.3. The first-order valence-electron chi connectivity index (χ1n) is 4.72. The van der Waals surface area contributed by atoms with E-state index >= 15 is 0 Å². The Morgan fingerprint density at radius 2 is 2.07 bits per heavy atom. The predicted octanol–water partition coefficient (Wildman–Crippen LogP) is -1.04. The second-order valence-corrected chi connectivity index (χ2v) is 3.81. The fourth-order valence-corrected chi connectivity index (χ4v) is 1.75. The summed E-state index contributed by atoms with van der Waals surface area (Å²) in [6, 6.07) is 1.94. The van der Waals surface area contributed by atoms with Crippen LogP contribution in [0.4, 0.5) is 0 Å². The maximum Gasteiger partial charge on any atom is 0.0938 e. The van der Waals surface area contributed by atoms with Crippen molar-refractivity contribution < 1.29 is 10.2 Å². The summed E-state index contributed by atoms with van der Waals surface area (Å²) in [5.41, 5.74) is 0.966. The van der Waals surface area contributed by atoms with Crippen molar-refractivity contribution in [3.05, 3.63) is 18.0 Å². The van der Waals surface area contributed by atoms with E-state index in [0.717, 1.165) is 5.69 Å². The van der Waals surface area contributed by atoms with E-state index in [1.807, 2.05) is 24.2 Å². The number of β-amino-alcohol motifs (C(OH)–C–C–N with tert-alkyl or cyclic N) is 2. The van der Waals surface area contributed by atoms with Gasteiger partial charge in [0, 0.05) is 32.9 Å². The molecule has 5 heteroatoms. The van der Waals surface area contributed by atoms with Gasteiger partial charge in [-0.1, -0.05) is 0 Å². The first-order valence-corrected chi connectivity index (χ1v) is 4.72. The Labute approximate surface area is 82.6 Å². The lowest BCUT2D eigenvalue weighted by Crippen LogP contribution is -2.22. The zero-order chi connectivity index (χ0) is 10.1. The highest BCUT2D eigenvalue weighted by molar-refractivity contribution is 4.99. The van der Waals surface area contributed by atoms with E-state index < -0.39 is 12.2 Å². The van der Waals surface area contributed by atoms with Crippen LogP contribution in [-0.4, -0.2) is 50.2 Å². The Balaban J connectivity index is 1.93. The summed E-state index contributed by atoms with van der Waals surface area (Å²) >= 11 is 0. The fraction of sp³-hybridized carbons (Fsp3) is 0.667. The van der Waals surface area contributed by atoms with Crippen LogP contribution < -0.4 is 0 Å². The van der Waals surface area contributed by atoms with Gasteiger partial charge in [0.25, 0.3) is 0 Å². The third-order valence-electron chi connectivity index (χ3n) is 2.49. The quantitative estimate of drug-likeness (QED) is 0.635. The molecule has 1 aromatic rings. The van der Waals surface area contributed by atoms with E-state index in [-0.39, 0.29) is 0 Å². The van der Waals surface area contributed by atoms with Crippen LogP contribution in [0.5, 0.6) is 0 Å². The zero-order valence-electron chi connectivity index (χ0n) is 8.17. The normalized spacial score (nSPS) is 28.5. The smallest absolute Gasteiger partial charge is 0.0938 e. The highest BCUT2D eigenvalue weighted by Crippen LogP contribution is 2.12. The average molecular weight is 197 g/mol. The summed E-state index contributed by atoms with van der Waals surface area (Å²) in [6.45, 7) is 1.74. The second-order valence-electron chi connectivity index (χ2n) is 3.81. The molecule has 5 nitrogen and oxygen atoms in total. The van der Waals surface area contributed by atoms with Gasteiger partial charge in [-0.2, -0.15) is 5.10 Å². The van der Waals surface area contributed by atoms with Gasteiger partial charge < -0.3 is 10.2 Å². The van der Waals surface area contributed by atoms with Gasteiger partial charge in [0.1, 0.15) is 0 Å². The third kappa shape index (κ3) is 1.95. The van der Waals surface area contributed by atoms with E-state index in [0.29, 0.717) is 19.6 Å². The molecular weight excluding hydrogens is 182 g/mol. The van der Waals surface area contributed by atoms with Crippen LogP contribution in [0.2, 0.25) is 0 Å². The summed E-state index contributed by atoms with van der Waals surface area (Å²) in [7, 11) is 1.87. The standard InChI is InChI=1S/C9H15N3O2/c1-11-3-2-7(10-11)4-12-5-8(13)9(14)6-12/h2-3,8-9,13-14H,4-6H2,1H3/t8-,9+. The van der Waals surface area contributed by atoms with Crippen LogP contribution in [0.15, 0.2) is 12.3 Å². The minimum absolute atomic E-state index is 0.526. The van der Waals surface area contributed by atoms with Crippen molar-refractivity contribution in [1.82, 2.24) is 14.7 Å². The van der Waals surface area contributed by atoms with Crippen LogP contribution in [0.25, 0.3) is 0 Å². The summed E-state index contributed by atoms with van der Waals surface area (Å²) < 4.78 is 1.75. The summed E-state index contributed by atoms with van der Waals surface area (Å²) in [6.07, 6.45) is 0.663. The molecule has 2 rings (SSSR count). The Morgan fingerprint density at radius 1 is 1.43 bits per heavy atom. The van der Waals surface area contributed by atoms with Crippen molar-refractivity contribution >= 4 is 0 Å². The van der Waals surface area contributed by atoms with E-state index in [2.05, 4.69) is 5.10 Å². The van der Waals surface area contributed by atoms with Gasteiger partial charge in [0.05, 0.1) is 17.9 Å². The maximum absolute atomic E-state index is 9.33. The molecule has 0 saturated carbocycles. The molecule has 0 unspecified atom stereocenters. The van der Waals surface area contributed by atoms with Gasteiger partial charge >= 0.3 is 0 Å². The van der Waals surface area contributed by atoms with E-state index in [1.54, 1.807) is 4.68 Å². The van der Waals surface area contributed by atoms with Gasteiger partial charge in [-0.3, -0.25) is 9.58 Å². The van der Waals surface area contributed by atoms with Crippen molar-refractivity contribution in [3.63, 3.8) is 0 Å². The number of hydrogen-bond acceptors (Lipinski definition) is 4. The number of nitrogens with zero attached hydrogens (tertiary/aromatic N) is 3. The molecule has 0 aliphatic carbocycles. The van der Waals surface area contributed by atoms with Crippen molar-refractivity contribution in [3.8, 4) is 0 Å². The molecule has 0 amide bonds. The first-order chi connectivity index (χ1) is 6.65. The molecule has 1 aromatic heterocycles. The number of aromatic nitrogens is 2. The van der Waals surface area contributed by atoms with Crippen LogP contribution in [0.3, 0.4) is 0 Å². The summed E-state index contributed by atoms with van der Waals surface area (Å²) in [5, 5.41) is 22.9. The summed E-state index contributed by atoms with van der Waals surface area (Å²) in [5.74, 6) is 0. The molecule has 0 spiro atoms. The van der Waals surface area contributed by atoms with Gasteiger partial charge in [-0.15, -0.1) is 0 Å². The SMILES string of the molecule is Cn1ccc(CN2C[C@@H](O)[C@@H](O)C2)n1. The second kappa shape index (κ2) is 3.68. The first kappa shape index (κ1) is 9.64. The number of aryl methyl sites for hydroxylation is 1. The van der Waals surface area contributed by atoms with E-state index in [1.165, 1.54) is 0 Å². The van der Waals surface area contributed by atoms with Crippen LogP contribution in [0.1, 0.15) is 5.69 Å². The van der Waals surface area contributed by atoms with Crippen molar-refractivity contribution in [2.75, 3.05) is 13.1 Å². The molecule has 2 heterocycles. The molecule has 78 valence electrons. The lowest BCUT2D eigenvalue weighted by molar-refractivity contribution is 0.0572. The molecule has 2 atom stereocenters. The Bertz CT molecular complexity index is 303. The van der Waals surface area contributed by atoms with Gasteiger partial charge in [0.2, 0.25) is 0 Å². The zero-order valence-corrected chi connectivity index (χ0v) is 8.17. The molecule has 0 aromatic carbocycles. The monoisotopic (exact) mass is 197 g/mol. The fourth-order valence-electron chi connectivity index (χ4n) is 1.75. The van der Waals surface area contributed by atoms with Crippen LogP contribution >= 0.6 is 0 Å². The topological polar surface area (TPSA) is 61.5 Å². The van der Waals surface area contributed by atoms with Crippen molar-refractivity contribution in [1.29, 1.82) is 0 Å². The lowest BCUT2D eigenvalue weighted by atomic mass is 10.3. The number of rotatable bonds is 2. The highest BCUT2D eigenvalue weighted by Gasteiger charge is 2.29. The molecular formula is C9H15N3O2. The maximum atomic E-state index is 9.33. The minimum atomic E-state index is -0.612. The van der Waals surface area contributed by atoms with Gasteiger partial charge in [-0.05, 0) is 6.07 Å². The van der Waals surface area contributed by atoms with E-state index in [4.69, 9.17) is 0 Å². The average Bonchev–Trinajstić information content (AvgIpc) is 2.62. The molecule has 2 N–H and O–H groups in total. The van der Waals surface area contributed by atoms with Crippen molar-refractivity contribution in [2.45, 2.75) is 18.8 Å². The molecule has 14 heavy (non-hydrogen) atoms. The Hall–Kier alpha value is -0.910. The van der Waals surface area contributed by atoms with Crippen LogP contribution in [0, 0.1) is 0 Å². The molecule has 1 saturated heterocycles. The van der Waals surface area contributed by atoms with Gasteiger partial charge in [-0.25, -0.2) is 0 Å². The Kier molecular flexibility index (Phi) is 2.54. The number of hydrogen-bond donors (Lipinski definition) is 2. The molecule has 0 radical (unpaired) electrons. The van der Waals surface area contributed by atoms with E-state index in [9.17, 15) is 10.2 Å². The lowest BCUT2D eigenvalue weighted by Gasteiger charge is -2.11. The number of likely N-dealkylation sites (tertiary alicyclic amines) is 1. The van der Waals surface area contributed by atoms with Gasteiger partial charge in [0.15, 0.2) is 0 Å². The molecule has 1 aliphatic heterocycles. The van der Waals surface area contributed by atoms with Crippen LogP contribution in [-0.2, 0) is 13.6 Å². The molecule has 1 fully saturated rings. The third-order valence-corrected chi connectivity index (χ3v) is 2.49. The predicted molar refractivity (Wildman–Crippen MR) is 50.5 cm³/mol. The number of aliphatic hydroxyl groups excluding tert-OH is 2. The van der Waals surface area contributed by atoms with Crippen molar-refractivity contribution in [2.24, 2.45) is 7.05 Å². The largest absolute Gasteiger partial charge is 0.389 e. The minimum Gasteiger partial charge on any atom is -0.389 e. The number of aliphatic hydroxyl groups is 2. The summed E-state index contributed by atoms with van der Waals surface area (Å²) in [4.78, 5) is 2.00. The molecule has 0 bridgehead atoms.